The van der Waals surface area contributed by atoms with Crippen molar-refractivity contribution in [2.45, 2.75) is 12.3 Å². The van der Waals surface area contributed by atoms with E-state index in [-0.39, 0.29) is 18.4 Å². The molecule has 1 saturated carbocycles. The zero-order valence-electron chi connectivity index (χ0n) is 9.75. The molecule has 1 aliphatic heterocycles. The van der Waals surface area contributed by atoms with Crippen LogP contribution in [-0.2, 0) is 4.79 Å². The zero-order chi connectivity index (χ0) is 11.8. The molecule has 2 fully saturated rings. The Labute approximate surface area is 101 Å². The van der Waals surface area contributed by atoms with Crippen LogP contribution in [0.15, 0.2) is 30.3 Å². The van der Waals surface area contributed by atoms with Crippen molar-refractivity contribution < 1.29 is 9.90 Å². The molecule has 1 amide bonds. The van der Waals surface area contributed by atoms with Gasteiger partial charge in [0, 0.05) is 31.5 Å². The number of amides is 1. The standard InChI is InChI=1S/C14H17NO2/c16-9-10-7-15(8-10)14(17)13-6-12(13)11-4-2-1-3-5-11/h1-5,10,12-13,16H,6-9H2. The van der Waals surface area contributed by atoms with E-state index in [0.29, 0.717) is 11.8 Å². The average Bonchev–Trinajstić information content (AvgIpc) is 3.08. The average molecular weight is 231 g/mol. The Balaban J connectivity index is 1.57. The number of nitrogens with zero attached hydrogens (tertiary/aromatic N) is 1. The lowest BCUT2D eigenvalue weighted by atomic mass is 10.00. The van der Waals surface area contributed by atoms with E-state index in [9.17, 15) is 4.79 Å². The van der Waals surface area contributed by atoms with Gasteiger partial charge in [-0.1, -0.05) is 30.3 Å². The molecule has 1 heterocycles. The molecule has 3 nitrogen and oxygen atoms in total. The van der Waals surface area contributed by atoms with E-state index in [1.165, 1.54) is 5.56 Å². The molecule has 1 N–H and O–H groups in total. The number of aliphatic hydroxyl groups is 1. The molecular weight excluding hydrogens is 214 g/mol. The van der Waals surface area contributed by atoms with Crippen LogP contribution < -0.4 is 0 Å². The lowest BCUT2D eigenvalue weighted by molar-refractivity contribution is -0.139. The Hall–Kier alpha value is -1.35. The minimum atomic E-state index is 0.192. The van der Waals surface area contributed by atoms with Crippen LogP contribution >= 0.6 is 0 Å². The van der Waals surface area contributed by atoms with Gasteiger partial charge in [-0.25, -0.2) is 0 Å². The molecule has 2 unspecified atom stereocenters. The summed E-state index contributed by atoms with van der Waals surface area (Å²) in [5.41, 5.74) is 1.28. The lowest BCUT2D eigenvalue weighted by Gasteiger charge is -2.38. The number of aliphatic hydroxyl groups excluding tert-OH is 1. The lowest BCUT2D eigenvalue weighted by Crippen LogP contribution is -2.52. The van der Waals surface area contributed by atoms with Gasteiger partial charge in [-0.3, -0.25) is 4.79 Å². The second-order valence-electron chi connectivity index (χ2n) is 5.15. The topological polar surface area (TPSA) is 40.5 Å². The van der Waals surface area contributed by atoms with Crippen molar-refractivity contribution in [3.8, 4) is 0 Å². The molecular formula is C14H17NO2. The van der Waals surface area contributed by atoms with Gasteiger partial charge in [-0.2, -0.15) is 0 Å². The molecule has 0 aromatic heterocycles. The molecule has 3 rings (SSSR count). The fourth-order valence-corrected chi connectivity index (χ4v) is 2.64. The Morgan fingerprint density at radius 3 is 2.65 bits per heavy atom. The smallest absolute Gasteiger partial charge is 0.226 e. The highest BCUT2D eigenvalue weighted by atomic mass is 16.3. The SMILES string of the molecule is O=C(C1CC1c1ccccc1)N1CC(CO)C1. The van der Waals surface area contributed by atoms with Crippen molar-refractivity contribution in [1.29, 1.82) is 0 Å². The quantitative estimate of drug-likeness (QED) is 0.850. The number of carbonyl (C=O) groups is 1. The number of benzene rings is 1. The highest BCUT2D eigenvalue weighted by Gasteiger charge is 2.47. The van der Waals surface area contributed by atoms with E-state index in [1.54, 1.807) is 0 Å². The molecule has 1 aromatic rings. The van der Waals surface area contributed by atoms with Gasteiger partial charge < -0.3 is 10.0 Å². The Bertz CT molecular complexity index is 411. The van der Waals surface area contributed by atoms with Crippen LogP contribution in [0.2, 0.25) is 0 Å². The van der Waals surface area contributed by atoms with E-state index in [1.807, 2.05) is 23.1 Å². The van der Waals surface area contributed by atoms with Crippen LogP contribution in [0.1, 0.15) is 17.9 Å². The maximum atomic E-state index is 12.1. The van der Waals surface area contributed by atoms with Crippen LogP contribution in [0.5, 0.6) is 0 Å². The van der Waals surface area contributed by atoms with Crippen LogP contribution in [0, 0.1) is 11.8 Å². The second-order valence-corrected chi connectivity index (χ2v) is 5.15. The highest BCUT2D eigenvalue weighted by Crippen LogP contribution is 2.48. The van der Waals surface area contributed by atoms with Crippen molar-refractivity contribution in [3.05, 3.63) is 35.9 Å². The molecule has 2 atom stereocenters. The fraction of sp³-hybridized carbons (Fsp3) is 0.500. The van der Waals surface area contributed by atoms with Crippen molar-refractivity contribution >= 4 is 5.91 Å². The first kappa shape index (κ1) is 10.8. The molecule has 0 radical (unpaired) electrons. The van der Waals surface area contributed by atoms with Gasteiger partial charge in [-0.15, -0.1) is 0 Å². The Morgan fingerprint density at radius 2 is 2.00 bits per heavy atom. The van der Waals surface area contributed by atoms with Gasteiger partial charge in [0.15, 0.2) is 0 Å². The first-order chi connectivity index (χ1) is 8.29. The Morgan fingerprint density at radius 1 is 1.29 bits per heavy atom. The predicted octanol–water partition coefficient (Wildman–Crippen LogP) is 1.24. The number of rotatable bonds is 3. The minimum Gasteiger partial charge on any atom is -0.396 e. The zero-order valence-corrected chi connectivity index (χ0v) is 9.75. The molecule has 1 aliphatic carbocycles. The summed E-state index contributed by atoms with van der Waals surface area (Å²) < 4.78 is 0. The van der Waals surface area contributed by atoms with Crippen LogP contribution in [0.4, 0.5) is 0 Å². The molecule has 0 bridgehead atoms. The van der Waals surface area contributed by atoms with Crippen LogP contribution in [0.3, 0.4) is 0 Å². The van der Waals surface area contributed by atoms with Crippen molar-refractivity contribution in [2.24, 2.45) is 11.8 Å². The maximum Gasteiger partial charge on any atom is 0.226 e. The third kappa shape index (κ3) is 1.95. The monoisotopic (exact) mass is 231 g/mol. The molecule has 0 spiro atoms. The van der Waals surface area contributed by atoms with Gasteiger partial charge in [0.1, 0.15) is 0 Å². The summed E-state index contributed by atoms with van der Waals surface area (Å²) in [5.74, 6) is 1.21. The van der Waals surface area contributed by atoms with Crippen molar-refractivity contribution in [2.75, 3.05) is 19.7 Å². The van der Waals surface area contributed by atoms with E-state index >= 15 is 0 Å². The number of hydrogen-bond donors (Lipinski definition) is 1. The maximum absolute atomic E-state index is 12.1. The van der Waals surface area contributed by atoms with E-state index in [4.69, 9.17) is 5.11 Å². The van der Waals surface area contributed by atoms with Crippen LogP contribution in [-0.4, -0.2) is 35.6 Å². The fourth-order valence-electron chi connectivity index (χ4n) is 2.64. The number of carbonyl (C=O) groups excluding carboxylic acids is 1. The summed E-state index contributed by atoms with van der Waals surface area (Å²) in [6.45, 7) is 1.69. The summed E-state index contributed by atoms with van der Waals surface area (Å²) >= 11 is 0. The number of hydrogen-bond acceptors (Lipinski definition) is 2. The van der Waals surface area contributed by atoms with Gasteiger partial charge in [-0.05, 0) is 17.9 Å². The molecule has 17 heavy (non-hydrogen) atoms. The summed E-state index contributed by atoms with van der Waals surface area (Å²) in [5, 5.41) is 8.93. The summed E-state index contributed by atoms with van der Waals surface area (Å²) in [6.07, 6.45) is 0.989. The Kier molecular flexibility index (Phi) is 2.63. The van der Waals surface area contributed by atoms with Crippen LogP contribution in [0.25, 0.3) is 0 Å². The van der Waals surface area contributed by atoms with Crippen molar-refractivity contribution in [1.82, 2.24) is 4.90 Å². The molecule has 1 saturated heterocycles. The summed E-state index contributed by atoms with van der Waals surface area (Å²) in [6, 6.07) is 10.3. The molecule has 1 aromatic carbocycles. The molecule has 2 aliphatic rings. The third-order valence-corrected chi connectivity index (χ3v) is 3.86. The predicted molar refractivity (Wildman–Crippen MR) is 64.4 cm³/mol. The number of likely N-dealkylation sites (tertiary alicyclic amines) is 1. The first-order valence-corrected chi connectivity index (χ1v) is 6.24. The summed E-state index contributed by atoms with van der Waals surface area (Å²) in [7, 11) is 0. The third-order valence-electron chi connectivity index (χ3n) is 3.86. The van der Waals surface area contributed by atoms with Crippen molar-refractivity contribution in [3.63, 3.8) is 0 Å². The molecule has 90 valence electrons. The normalized spacial score (nSPS) is 27.7. The van der Waals surface area contributed by atoms with Gasteiger partial charge >= 0.3 is 0 Å². The second kappa shape index (κ2) is 4.15. The van der Waals surface area contributed by atoms with E-state index < -0.39 is 0 Å². The summed E-state index contributed by atoms with van der Waals surface area (Å²) in [4.78, 5) is 14.0. The molecule has 3 heteroatoms. The van der Waals surface area contributed by atoms with Gasteiger partial charge in [0.05, 0.1) is 0 Å². The largest absolute Gasteiger partial charge is 0.396 e. The van der Waals surface area contributed by atoms with E-state index in [2.05, 4.69) is 12.1 Å². The highest BCUT2D eigenvalue weighted by molar-refractivity contribution is 5.83. The van der Waals surface area contributed by atoms with E-state index in [0.717, 1.165) is 19.5 Å². The minimum absolute atomic E-state index is 0.192. The van der Waals surface area contributed by atoms with Gasteiger partial charge in [0.2, 0.25) is 5.91 Å². The first-order valence-electron chi connectivity index (χ1n) is 6.24. The van der Waals surface area contributed by atoms with Gasteiger partial charge in [0.25, 0.3) is 0 Å².